The summed E-state index contributed by atoms with van der Waals surface area (Å²) in [6.45, 7) is 2.02. The Balaban J connectivity index is 1.80. The molecule has 1 N–H and O–H groups in total. The predicted molar refractivity (Wildman–Crippen MR) is 77.4 cm³/mol. The largest absolute Gasteiger partial charge is 0.376 e. The third kappa shape index (κ3) is 4.14. The summed E-state index contributed by atoms with van der Waals surface area (Å²) in [6.07, 6.45) is 2.44. The van der Waals surface area contributed by atoms with E-state index in [0.717, 1.165) is 26.0 Å². The predicted octanol–water partition coefficient (Wildman–Crippen LogP) is 2.31. The van der Waals surface area contributed by atoms with Gasteiger partial charge in [0, 0.05) is 32.3 Å². The van der Waals surface area contributed by atoms with E-state index in [1.165, 1.54) is 6.07 Å². The second kappa shape index (κ2) is 6.82. The monoisotopic (exact) mass is 282 g/mol. The summed E-state index contributed by atoms with van der Waals surface area (Å²) in [5.74, 6) is -0.198. The van der Waals surface area contributed by atoms with Crippen LogP contribution >= 0.6 is 12.2 Å². The summed E-state index contributed by atoms with van der Waals surface area (Å²) in [7, 11) is 1.86. The maximum Gasteiger partial charge on any atom is 0.169 e. The molecule has 0 spiro atoms. The average molecular weight is 282 g/mol. The van der Waals surface area contributed by atoms with Crippen molar-refractivity contribution in [2.75, 3.05) is 20.2 Å². The lowest BCUT2D eigenvalue weighted by Crippen LogP contribution is -2.40. The fourth-order valence-corrected chi connectivity index (χ4v) is 2.24. The number of nitrogens with zero attached hydrogens (tertiary/aromatic N) is 1. The Morgan fingerprint density at radius 1 is 1.53 bits per heavy atom. The Morgan fingerprint density at radius 3 is 3.00 bits per heavy atom. The highest BCUT2D eigenvalue weighted by Crippen LogP contribution is 2.11. The van der Waals surface area contributed by atoms with Crippen LogP contribution < -0.4 is 5.32 Å². The van der Waals surface area contributed by atoms with Gasteiger partial charge in [-0.25, -0.2) is 4.39 Å². The van der Waals surface area contributed by atoms with Gasteiger partial charge in [0.2, 0.25) is 0 Å². The zero-order valence-corrected chi connectivity index (χ0v) is 11.9. The molecule has 19 heavy (non-hydrogen) atoms. The van der Waals surface area contributed by atoms with E-state index in [9.17, 15) is 4.39 Å². The lowest BCUT2D eigenvalue weighted by Gasteiger charge is -2.22. The van der Waals surface area contributed by atoms with Gasteiger partial charge in [0.15, 0.2) is 5.11 Å². The van der Waals surface area contributed by atoms with Gasteiger partial charge in [-0.15, -0.1) is 0 Å². The van der Waals surface area contributed by atoms with E-state index in [4.69, 9.17) is 17.0 Å². The van der Waals surface area contributed by atoms with Crippen LogP contribution in [0, 0.1) is 5.82 Å². The summed E-state index contributed by atoms with van der Waals surface area (Å²) in [5.41, 5.74) is 0.645. The van der Waals surface area contributed by atoms with Crippen LogP contribution in [0.1, 0.15) is 18.4 Å². The number of halogens is 1. The molecule has 0 aromatic heterocycles. The second-order valence-corrected chi connectivity index (χ2v) is 5.16. The van der Waals surface area contributed by atoms with Gasteiger partial charge in [0.25, 0.3) is 0 Å². The highest BCUT2D eigenvalue weighted by molar-refractivity contribution is 7.80. The van der Waals surface area contributed by atoms with Gasteiger partial charge in [0.05, 0.1) is 6.10 Å². The first-order valence-electron chi connectivity index (χ1n) is 6.51. The molecule has 1 aromatic rings. The molecule has 1 aliphatic rings. The van der Waals surface area contributed by atoms with Crippen molar-refractivity contribution in [3.05, 3.63) is 35.6 Å². The van der Waals surface area contributed by atoms with E-state index in [0.29, 0.717) is 17.2 Å². The van der Waals surface area contributed by atoms with Crippen molar-refractivity contribution >= 4 is 17.3 Å². The fourth-order valence-electron chi connectivity index (χ4n) is 2.10. The van der Waals surface area contributed by atoms with E-state index in [-0.39, 0.29) is 11.9 Å². The van der Waals surface area contributed by atoms with Gasteiger partial charge in [-0.1, -0.05) is 18.2 Å². The number of ether oxygens (including phenoxy) is 1. The third-order valence-electron chi connectivity index (χ3n) is 3.22. The Kier molecular flexibility index (Phi) is 5.10. The van der Waals surface area contributed by atoms with E-state index >= 15 is 0 Å². The summed E-state index contributed by atoms with van der Waals surface area (Å²) >= 11 is 5.29. The second-order valence-electron chi connectivity index (χ2n) is 4.77. The minimum atomic E-state index is -0.198. The summed E-state index contributed by atoms with van der Waals surface area (Å²) < 4.78 is 19.1. The van der Waals surface area contributed by atoms with Gasteiger partial charge < -0.3 is 15.0 Å². The van der Waals surface area contributed by atoms with Crippen LogP contribution in [0.3, 0.4) is 0 Å². The van der Waals surface area contributed by atoms with Crippen molar-refractivity contribution in [2.24, 2.45) is 0 Å². The van der Waals surface area contributed by atoms with Crippen molar-refractivity contribution in [2.45, 2.75) is 25.5 Å². The van der Waals surface area contributed by atoms with Crippen LogP contribution in [0.25, 0.3) is 0 Å². The standard InChI is InChI=1S/C14H19FN2OS/c1-17(10-11-5-2-3-7-13(11)15)14(19)16-9-12-6-4-8-18-12/h2-3,5,7,12H,4,6,8-10H2,1H3,(H,16,19)/t12-/m0/s1. The molecule has 3 nitrogen and oxygen atoms in total. The van der Waals surface area contributed by atoms with E-state index in [1.54, 1.807) is 12.1 Å². The van der Waals surface area contributed by atoms with Crippen molar-refractivity contribution < 1.29 is 9.13 Å². The summed E-state index contributed by atoms with van der Waals surface area (Å²) in [4.78, 5) is 1.84. The number of thiocarbonyl (C=S) groups is 1. The summed E-state index contributed by atoms with van der Waals surface area (Å²) in [5, 5.41) is 3.80. The molecule has 0 saturated carbocycles. The van der Waals surface area contributed by atoms with Gasteiger partial charge in [0.1, 0.15) is 5.82 Å². The average Bonchev–Trinajstić information content (AvgIpc) is 2.91. The molecule has 0 aliphatic carbocycles. The minimum Gasteiger partial charge on any atom is -0.376 e. The lowest BCUT2D eigenvalue weighted by atomic mass is 10.2. The van der Waals surface area contributed by atoms with Crippen molar-refractivity contribution in [3.63, 3.8) is 0 Å². The zero-order chi connectivity index (χ0) is 13.7. The molecule has 0 radical (unpaired) electrons. The highest BCUT2D eigenvalue weighted by atomic mass is 32.1. The molecular weight excluding hydrogens is 263 g/mol. The molecule has 1 aromatic carbocycles. The SMILES string of the molecule is CN(Cc1ccccc1F)C(=S)NC[C@@H]1CCCO1. The molecule has 0 bridgehead atoms. The first kappa shape index (κ1) is 14.2. The van der Waals surface area contributed by atoms with Crippen LogP contribution in [0.2, 0.25) is 0 Å². The van der Waals surface area contributed by atoms with Crippen LogP contribution in [0.15, 0.2) is 24.3 Å². The Labute approximate surface area is 118 Å². The zero-order valence-electron chi connectivity index (χ0n) is 11.1. The van der Waals surface area contributed by atoms with Gasteiger partial charge in [-0.05, 0) is 31.1 Å². The molecule has 1 saturated heterocycles. The molecular formula is C14H19FN2OS. The van der Waals surface area contributed by atoms with Gasteiger partial charge in [-0.3, -0.25) is 0 Å². The van der Waals surface area contributed by atoms with Gasteiger partial charge in [-0.2, -0.15) is 0 Å². The fraction of sp³-hybridized carbons (Fsp3) is 0.500. The van der Waals surface area contributed by atoms with Gasteiger partial charge >= 0.3 is 0 Å². The molecule has 1 atom stereocenters. The Morgan fingerprint density at radius 2 is 2.32 bits per heavy atom. The molecule has 5 heteroatoms. The van der Waals surface area contributed by atoms with Crippen molar-refractivity contribution in [3.8, 4) is 0 Å². The lowest BCUT2D eigenvalue weighted by molar-refractivity contribution is 0.113. The van der Waals surface area contributed by atoms with Crippen LogP contribution in [-0.4, -0.2) is 36.3 Å². The van der Waals surface area contributed by atoms with Crippen LogP contribution in [0.5, 0.6) is 0 Å². The van der Waals surface area contributed by atoms with E-state index < -0.39 is 0 Å². The maximum atomic E-state index is 13.5. The third-order valence-corrected chi connectivity index (χ3v) is 3.67. The number of hydrogen-bond acceptors (Lipinski definition) is 2. The molecule has 0 unspecified atom stereocenters. The number of benzene rings is 1. The topological polar surface area (TPSA) is 24.5 Å². The smallest absolute Gasteiger partial charge is 0.169 e. The van der Waals surface area contributed by atoms with Crippen LogP contribution in [0.4, 0.5) is 4.39 Å². The van der Waals surface area contributed by atoms with Crippen molar-refractivity contribution in [1.29, 1.82) is 0 Å². The number of nitrogens with one attached hydrogen (secondary N) is 1. The number of rotatable bonds is 4. The highest BCUT2D eigenvalue weighted by Gasteiger charge is 2.16. The molecule has 2 rings (SSSR count). The molecule has 1 aliphatic heterocycles. The molecule has 0 amide bonds. The quantitative estimate of drug-likeness (QED) is 0.857. The first-order chi connectivity index (χ1) is 9.16. The first-order valence-corrected chi connectivity index (χ1v) is 6.91. The minimum absolute atomic E-state index is 0.198. The Hall–Kier alpha value is -1.20. The molecule has 104 valence electrons. The van der Waals surface area contributed by atoms with Crippen molar-refractivity contribution in [1.82, 2.24) is 10.2 Å². The van der Waals surface area contributed by atoms with E-state index in [1.807, 2.05) is 18.0 Å². The van der Waals surface area contributed by atoms with E-state index in [2.05, 4.69) is 5.32 Å². The molecule has 1 heterocycles. The van der Waals surface area contributed by atoms with Crippen LogP contribution in [-0.2, 0) is 11.3 Å². The number of hydrogen-bond donors (Lipinski definition) is 1. The normalized spacial score (nSPS) is 18.3. The summed E-state index contributed by atoms with van der Waals surface area (Å²) in [6, 6.07) is 6.75. The maximum absolute atomic E-state index is 13.5. The molecule has 1 fully saturated rings. The Bertz CT molecular complexity index is 435.